The SMILES string of the molecule is CN=C(NCCC1CC1)NCc1oc2ccccc2c1C.I. The molecule has 0 aliphatic heterocycles. The van der Waals surface area contributed by atoms with Crippen LogP contribution in [0, 0.1) is 12.8 Å². The van der Waals surface area contributed by atoms with Crippen molar-refractivity contribution in [1.82, 2.24) is 10.6 Å². The van der Waals surface area contributed by atoms with E-state index >= 15 is 0 Å². The van der Waals surface area contributed by atoms with E-state index in [2.05, 4.69) is 28.6 Å². The standard InChI is InChI=1S/C17H23N3O.HI/c1-12-14-5-3-4-6-15(14)21-16(12)11-20-17(18-2)19-10-9-13-7-8-13;/h3-6,13H,7-11H2,1-2H3,(H2,18,19,20);1H. The molecule has 1 saturated carbocycles. The second-order valence-corrected chi connectivity index (χ2v) is 5.73. The van der Waals surface area contributed by atoms with Gasteiger partial charge in [0.15, 0.2) is 5.96 Å². The molecule has 3 rings (SSSR count). The number of hydrogen-bond acceptors (Lipinski definition) is 2. The topological polar surface area (TPSA) is 49.6 Å². The van der Waals surface area contributed by atoms with Gasteiger partial charge in [-0.15, -0.1) is 24.0 Å². The van der Waals surface area contributed by atoms with Crippen molar-refractivity contribution in [3.8, 4) is 0 Å². The van der Waals surface area contributed by atoms with Gasteiger partial charge in [-0.05, 0) is 25.3 Å². The number of guanidine groups is 1. The summed E-state index contributed by atoms with van der Waals surface area (Å²) in [6.45, 7) is 3.75. The van der Waals surface area contributed by atoms with Gasteiger partial charge in [-0.3, -0.25) is 4.99 Å². The van der Waals surface area contributed by atoms with Crippen LogP contribution in [-0.4, -0.2) is 19.6 Å². The Hall–Kier alpha value is -1.24. The van der Waals surface area contributed by atoms with Crippen LogP contribution in [0.4, 0.5) is 0 Å². The van der Waals surface area contributed by atoms with Crippen LogP contribution in [0.5, 0.6) is 0 Å². The van der Waals surface area contributed by atoms with Crippen LogP contribution in [-0.2, 0) is 6.54 Å². The summed E-state index contributed by atoms with van der Waals surface area (Å²) < 4.78 is 5.90. The summed E-state index contributed by atoms with van der Waals surface area (Å²) >= 11 is 0. The first-order chi connectivity index (χ1) is 10.3. The zero-order chi connectivity index (χ0) is 14.7. The second-order valence-electron chi connectivity index (χ2n) is 5.73. The lowest BCUT2D eigenvalue weighted by atomic mass is 10.1. The van der Waals surface area contributed by atoms with Gasteiger partial charge in [0.25, 0.3) is 0 Å². The Bertz CT molecular complexity index is 646. The molecule has 120 valence electrons. The minimum absolute atomic E-state index is 0. The molecule has 0 saturated heterocycles. The van der Waals surface area contributed by atoms with E-state index < -0.39 is 0 Å². The Morgan fingerprint density at radius 3 is 2.73 bits per heavy atom. The maximum atomic E-state index is 5.90. The van der Waals surface area contributed by atoms with Gasteiger partial charge >= 0.3 is 0 Å². The first kappa shape index (κ1) is 17.1. The van der Waals surface area contributed by atoms with E-state index in [1.165, 1.54) is 30.2 Å². The number of rotatable bonds is 5. The molecule has 1 aliphatic carbocycles. The van der Waals surface area contributed by atoms with Crippen LogP contribution in [0.3, 0.4) is 0 Å². The zero-order valence-corrected chi connectivity index (χ0v) is 15.5. The molecule has 0 bridgehead atoms. The fourth-order valence-corrected chi connectivity index (χ4v) is 2.58. The smallest absolute Gasteiger partial charge is 0.191 e. The summed E-state index contributed by atoms with van der Waals surface area (Å²) in [6.07, 6.45) is 4.03. The van der Waals surface area contributed by atoms with E-state index in [1.54, 1.807) is 7.05 Å². The highest BCUT2D eigenvalue weighted by Gasteiger charge is 2.20. The molecule has 1 aromatic carbocycles. The Morgan fingerprint density at radius 2 is 2.05 bits per heavy atom. The van der Waals surface area contributed by atoms with E-state index in [-0.39, 0.29) is 24.0 Å². The Labute approximate surface area is 148 Å². The predicted octanol–water partition coefficient (Wildman–Crippen LogP) is 3.82. The van der Waals surface area contributed by atoms with Gasteiger partial charge in [0.05, 0.1) is 6.54 Å². The fourth-order valence-electron chi connectivity index (χ4n) is 2.58. The van der Waals surface area contributed by atoms with Gasteiger partial charge in [-0.1, -0.05) is 31.0 Å². The molecule has 1 fully saturated rings. The lowest BCUT2D eigenvalue weighted by Gasteiger charge is -2.10. The normalized spacial score (nSPS) is 14.7. The molecule has 22 heavy (non-hydrogen) atoms. The highest BCUT2D eigenvalue weighted by Crippen LogP contribution is 2.31. The van der Waals surface area contributed by atoms with Crippen LogP contribution in [0.15, 0.2) is 33.7 Å². The van der Waals surface area contributed by atoms with Gasteiger partial charge in [-0.25, -0.2) is 0 Å². The van der Waals surface area contributed by atoms with E-state index in [4.69, 9.17) is 4.42 Å². The number of fused-ring (bicyclic) bond motifs is 1. The molecule has 1 aliphatic rings. The summed E-state index contributed by atoms with van der Waals surface area (Å²) in [4.78, 5) is 4.26. The average molecular weight is 413 g/mol. The van der Waals surface area contributed by atoms with Crippen LogP contribution in [0.2, 0.25) is 0 Å². The summed E-state index contributed by atoms with van der Waals surface area (Å²) in [5.74, 6) is 2.75. The van der Waals surface area contributed by atoms with E-state index in [9.17, 15) is 0 Å². The summed E-state index contributed by atoms with van der Waals surface area (Å²) in [6, 6.07) is 8.15. The Kier molecular flexibility index (Phi) is 6.11. The molecule has 2 aromatic rings. The van der Waals surface area contributed by atoms with Crippen molar-refractivity contribution in [3.05, 3.63) is 35.6 Å². The number of hydrogen-bond donors (Lipinski definition) is 2. The number of aryl methyl sites for hydroxylation is 1. The van der Waals surface area contributed by atoms with Crippen molar-refractivity contribution in [2.75, 3.05) is 13.6 Å². The first-order valence-corrected chi connectivity index (χ1v) is 7.69. The lowest BCUT2D eigenvalue weighted by molar-refractivity contribution is 0.534. The predicted molar refractivity (Wildman–Crippen MR) is 102 cm³/mol. The van der Waals surface area contributed by atoms with Gasteiger partial charge in [0.2, 0.25) is 0 Å². The number of aliphatic imine (C=N–C) groups is 1. The van der Waals surface area contributed by atoms with Crippen LogP contribution >= 0.6 is 24.0 Å². The third-order valence-corrected chi connectivity index (χ3v) is 4.12. The molecular formula is C17H24IN3O. The van der Waals surface area contributed by atoms with Crippen molar-refractivity contribution in [2.24, 2.45) is 10.9 Å². The molecular weight excluding hydrogens is 389 g/mol. The monoisotopic (exact) mass is 413 g/mol. The summed E-state index contributed by atoms with van der Waals surface area (Å²) in [7, 11) is 1.80. The van der Waals surface area contributed by atoms with Crippen LogP contribution in [0.1, 0.15) is 30.6 Å². The Morgan fingerprint density at radius 1 is 1.27 bits per heavy atom. The largest absolute Gasteiger partial charge is 0.459 e. The quantitative estimate of drug-likeness (QED) is 0.445. The van der Waals surface area contributed by atoms with Gasteiger partial charge < -0.3 is 15.1 Å². The van der Waals surface area contributed by atoms with Gasteiger partial charge in [0, 0.05) is 24.5 Å². The highest BCUT2D eigenvalue weighted by atomic mass is 127. The molecule has 0 unspecified atom stereocenters. The molecule has 4 nitrogen and oxygen atoms in total. The lowest BCUT2D eigenvalue weighted by Crippen LogP contribution is -2.37. The fraction of sp³-hybridized carbons (Fsp3) is 0.471. The number of furan rings is 1. The number of benzene rings is 1. The minimum atomic E-state index is 0. The van der Waals surface area contributed by atoms with Crippen molar-refractivity contribution in [2.45, 2.75) is 32.7 Å². The maximum absolute atomic E-state index is 5.90. The molecule has 0 atom stereocenters. The first-order valence-electron chi connectivity index (χ1n) is 7.69. The third-order valence-electron chi connectivity index (χ3n) is 4.12. The third kappa shape index (κ3) is 4.15. The van der Waals surface area contributed by atoms with Crippen molar-refractivity contribution < 1.29 is 4.42 Å². The minimum Gasteiger partial charge on any atom is -0.459 e. The zero-order valence-electron chi connectivity index (χ0n) is 13.2. The molecule has 1 aromatic heterocycles. The summed E-state index contributed by atoms with van der Waals surface area (Å²) in [5.41, 5.74) is 2.15. The number of nitrogens with one attached hydrogen (secondary N) is 2. The van der Waals surface area contributed by atoms with Crippen LogP contribution < -0.4 is 10.6 Å². The van der Waals surface area contributed by atoms with E-state index in [0.717, 1.165) is 29.8 Å². The highest BCUT2D eigenvalue weighted by molar-refractivity contribution is 14.0. The number of halogens is 1. The maximum Gasteiger partial charge on any atom is 0.191 e. The van der Waals surface area contributed by atoms with Gasteiger partial charge in [0.1, 0.15) is 11.3 Å². The number of para-hydroxylation sites is 1. The van der Waals surface area contributed by atoms with Gasteiger partial charge in [-0.2, -0.15) is 0 Å². The summed E-state index contributed by atoms with van der Waals surface area (Å²) in [5, 5.41) is 7.87. The number of nitrogens with zero attached hydrogens (tertiary/aromatic N) is 1. The van der Waals surface area contributed by atoms with E-state index in [0.29, 0.717) is 6.54 Å². The molecule has 0 spiro atoms. The molecule has 0 amide bonds. The van der Waals surface area contributed by atoms with E-state index in [1.807, 2.05) is 18.2 Å². The molecule has 1 heterocycles. The van der Waals surface area contributed by atoms with Crippen LogP contribution in [0.25, 0.3) is 11.0 Å². The van der Waals surface area contributed by atoms with Crippen molar-refractivity contribution in [3.63, 3.8) is 0 Å². The van der Waals surface area contributed by atoms with Crippen molar-refractivity contribution in [1.29, 1.82) is 0 Å². The average Bonchev–Trinajstić information content (AvgIpc) is 3.28. The Balaban J connectivity index is 0.00000176. The second kappa shape index (κ2) is 7.85. The molecule has 0 radical (unpaired) electrons. The molecule has 5 heteroatoms. The molecule has 2 N–H and O–H groups in total. The van der Waals surface area contributed by atoms with Crippen molar-refractivity contribution >= 4 is 40.9 Å².